The number of hydrogen-bond donors (Lipinski definition) is 2. The minimum atomic E-state index is -0.893. The van der Waals surface area contributed by atoms with Gasteiger partial charge in [0.1, 0.15) is 4.88 Å². The summed E-state index contributed by atoms with van der Waals surface area (Å²) in [5.41, 5.74) is 0.593. The maximum absolute atomic E-state index is 10.9. The highest BCUT2D eigenvalue weighted by Gasteiger charge is 2.17. The van der Waals surface area contributed by atoms with Gasteiger partial charge in [0.15, 0.2) is 5.13 Å². The van der Waals surface area contributed by atoms with Crippen molar-refractivity contribution < 1.29 is 9.90 Å². The topological polar surface area (TPSA) is 62.2 Å². The van der Waals surface area contributed by atoms with E-state index in [0.29, 0.717) is 15.8 Å². The van der Waals surface area contributed by atoms with Crippen LogP contribution in [0.4, 0.5) is 5.13 Å². The smallest absolute Gasteiger partial charge is 0.347 e. The zero-order chi connectivity index (χ0) is 12.3. The number of thiazole rings is 1. The van der Waals surface area contributed by atoms with Crippen LogP contribution in [0.15, 0.2) is 0 Å². The highest BCUT2D eigenvalue weighted by molar-refractivity contribution is 8.06. The lowest BCUT2D eigenvalue weighted by atomic mass is 10.4. The van der Waals surface area contributed by atoms with Crippen molar-refractivity contribution >= 4 is 46.0 Å². The molecule has 1 aliphatic heterocycles. The lowest BCUT2D eigenvalue weighted by Crippen LogP contribution is -2.23. The van der Waals surface area contributed by atoms with Crippen molar-refractivity contribution in [1.82, 2.24) is 4.98 Å². The number of anilines is 1. The lowest BCUT2D eigenvalue weighted by Gasteiger charge is -2.20. The average molecular weight is 290 g/mol. The number of carboxylic acid groups (broad SMARTS) is 1. The molecule has 1 unspecified atom stereocenters. The second kappa shape index (κ2) is 5.97. The van der Waals surface area contributed by atoms with Crippen LogP contribution in [0.3, 0.4) is 0 Å². The standard InChI is InChI=1S/C10H14N2O2S3/c1-6-8(9(13)14)17-10(12-6)11-4-7-5-15-2-3-16-7/h7H,2-5H2,1H3,(H,11,12)(H,13,14). The fourth-order valence-corrected chi connectivity index (χ4v) is 4.95. The molecule has 1 aliphatic rings. The van der Waals surface area contributed by atoms with Crippen LogP contribution in [0.2, 0.25) is 0 Å². The van der Waals surface area contributed by atoms with Crippen molar-refractivity contribution in [2.24, 2.45) is 0 Å². The Kier molecular flexibility index (Phi) is 4.58. The molecule has 0 aliphatic carbocycles. The number of carbonyl (C=O) groups is 1. The normalized spacial score (nSPS) is 20.2. The molecule has 1 fully saturated rings. The van der Waals surface area contributed by atoms with Gasteiger partial charge in [-0.2, -0.15) is 23.5 Å². The van der Waals surface area contributed by atoms with Gasteiger partial charge in [0, 0.05) is 29.1 Å². The molecular weight excluding hydrogens is 276 g/mol. The molecule has 2 rings (SSSR count). The van der Waals surface area contributed by atoms with Crippen molar-refractivity contribution in [3.63, 3.8) is 0 Å². The molecule has 0 aromatic carbocycles. The van der Waals surface area contributed by atoms with E-state index in [9.17, 15) is 4.79 Å². The third kappa shape index (κ3) is 3.53. The van der Waals surface area contributed by atoms with Crippen LogP contribution in [0.25, 0.3) is 0 Å². The molecule has 94 valence electrons. The number of rotatable bonds is 4. The molecular formula is C10H14N2O2S3. The van der Waals surface area contributed by atoms with Crippen LogP contribution in [0, 0.1) is 6.92 Å². The van der Waals surface area contributed by atoms with Gasteiger partial charge >= 0.3 is 5.97 Å². The first-order valence-corrected chi connectivity index (χ1v) is 8.32. The number of nitrogens with zero attached hydrogens (tertiary/aromatic N) is 1. The quantitative estimate of drug-likeness (QED) is 0.888. The van der Waals surface area contributed by atoms with E-state index in [1.54, 1.807) is 6.92 Å². The van der Waals surface area contributed by atoms with Crippen molar-refractivity contribution in [3.8, 4) is 0 Å². The van der Waals surface area contributed by atoms with Crippen LogP contribution in [0.5, 0.6) is 0 Å². The number of nitrogens with one attached hydrogen (secondary N) is 1. The maximum Gasteiger partial charge on any atom is 0.347 e. The van der Waals surface area contributed by atoms with Crippen LogP contribution < -0.4 is 5.32 Å². The highest BCUT2D eigenvalue weighted by Crippen LogP contribution is 2.26. The molecule has 2 N–H and O–H groups in total. The SMILES string of the molecule is Cc1nc(NCC2CSCCS2)sc1C(=O)O. The monoisotopic (exact) mass is 290 g/mol. The fourth-order valence-electron chi connectivity index (χ4n) is 1.53. The molecule has 7 heteroatoms. The van der Waals surface area contributed by atoms with Gasteiger partial charge in [-0.15, -0.1) is 0 Å². The minimum Gasteiger partial charge on any atom is -0.477 e. The van der Waals surface area contributed by atoms with Crippen LogP contribution in [0.1, 0.15) is 15.4 Å². The summed E-state index contributed by atoms with van der Waals surface area (Å²) in [7, 11) is 0. The van der Waals surface area contributed by atoms with E-state index in [-0.39, 0.29) is 0 Å². The van der Waals surface area contributed by atoms with Crippen LogP contribution in [-0.2, 0) is 0 Å². The first kappa shape index (κ1) is 13.0. The molecule has 0 bridgehead atoms. The molecule has 0 saturated carbocycles. The first-order chi connectivity index (χ1) is 8.16. The number of carboxylic acids is 1. The molecule has 2 heterocycles. The average Bonchev–Trinajstić information content (AvgIpc) is 2.69. The van der Waals surface area contributed by atoms with Gasteiger partial charge in [0.25, 0.3) is 0 Å². The second-order valence-corrected chi connectivity index (χ2v) is 7.24. The highest BCUT2D eigenvalue weighted by atomic mass is 32.2. The van der Waals surface area contributed by atoms with Gasteiger partial charge in [-0.25, -0.2) is 9.78 Å². The van der Waals surface area contributed by atoms with Gasteiger partial charge in [0.05, 0.1) is 5.69 Å². The molecule has 1 aromatic rings. The zero-order valence-electron chi connectivity index (χ0n) is 9.43. The largest absolute Gasteiger partial charge is 0.477 e. The first-order valence-electron chi connectivity index (χ1n) is 5.30. The molecule has 1 aromatic heterocycles. The predicted octanol–water partition coefficient (Wildman–Crippen LogP) is 2.41. The Morgan fingerprint density at radius 3 is 3.00 bits per heavy atom. The molecule has 4 nitrogen and oxygen atoms in total. The minimum absolute atomic E-state index is 0.332. The number of aryl methyl sites for hydroxylation is 1. The molecule has 0 spiro atoms. The Labute approximate surface area is 113 Å². The molecule has 17 heavy (non-hydrogen) atoms. The van der Waals surface area contributed by atoms with Crippen molar-refractivity contribution in [2.75, 3.05) is 29.1 Å². The van der Waals surface area contributed by atoms with Gasteiger partial charge in [-0.05, 0) is 6.92 Å². The zero-order valence-corrected chi connectivity index (χ0v) is 11.9. The second-order valence-electron chi connectivity index (χ2n) is 3.69. The van der Waals surface area contributed by atoms with Crippen molar-refractivity contribution in [1.29, 1.82) is 0 Å². The molecule has 1 saturated heterocycles. The van der Waals surface area contributed by atoms with Crippen molar-refractivity contribution in [2.45, 2.75) is 12.2 Å². The Hall–Kier alpha value is -0.400. The summed E-state index contributed by atoms with van der Waals surface area (Å²) in [6.07, 6.45) is 0. The Morgan fingerprint density at radius 1 is 1.59 bits per heavy atom. The van der Waals surface area contributed by atoms with Gasteiger partial charge in [0.2, 0.25) is 0 Å². The summed E-state index contributed by atoms with van der Waals surface area (Å²) in [5.74, 6) is 2.71. The summed E-state index contributed by atoms with van der Waals surface area (Å²) in [5, 5.41) is 13.5. The van der Waals surface area contributed by atoms with Gasteiger partial charge in [-0.3, -0.25) is 0 Å². The summed E-state index contributed by atoms with van der Waals surface area (Å²) >= 11 is 5.17. The van der Waals surface area contributed by atoms with E-state index in [4.69, 9.17) is 5.11 Å². The van der Waals surface area contributed by atoms with E-state index < -0.39 is 5.97 Å². The van der Waals surface area contributed by atoms with Crippen LogP contribution in [-0.4, -0.2) is 45.1 Å². The van der Waals surface area contributed by atoms with E-state index in [1.165, 1.54) is 22.8 Å². The van der Waals surface area contributed by atoms with Crippen LogP contribution >= 0.6 is 34.9 Å². The van der Waals surface area contributed by atoms with Crippen molar-refractivity contribution in [3.05, 3.63) is 10.6 Å². The summed E-state index contributed by atoms with van der Waals surface area (Å²) < 4.78 is 0. The maximum atomic E-state index is 10.9. The predicted molar refractivity (Wildman–Crippen MR) is 75.9 cm³/mol. The third-order valence-electron chi connectivity index (χ3n) is 2.36. The number of aromatic nitrogens is 1. The summed E-state index contributed by atoms with van der Waals surface area (Å²) in [6, 6.07) is 0. The van der Waals surface area contributed by atoms with Gasteiger partial charge < -0.3 is 10.4 Å². The number of thioether (sulfide) groups is 2. The third-order valence-corrected chi connectivity index (χ3v) is 6.30. The van der Waals surface area contributed by atoms with E-state index in [1.807, 2.05) is 23.5 Å². The van der Waals surface area contributed by atoms with E-state index in [2.05, 4.69) is 10.3 Å². The Balaban J connectivity index is 1.90. The summed E-state index contributed by atoms with van der Waals surface area (Å²) in [4.78, 5) is 15.4. The number of hydrogen-bond acceptors (Lipinski definition) is 6. The molecule has 0 radical (unpaired) electrons. The van der Waals surface area contributed by atoms with E-state index in [0.717, 1.165) is 17.4 Å². The van der Waals surface area contributed by atoms with E-state index >= 15 is 0 Å². The molecule has 0 amide bonds. The fraction of sp³-hybridized carbons (Fsp3) is 0.600. The molecule has 1 atom stereocenters. The summed E-state index contributed by atoms with van der Waals surface area (Å²) in [6.45, 7) is 2.60. The van der Waals surface area contributed by atoms with Gasteiger partial charge in [-0.1, -0.05) is 11.3 Å². The Bertz CT molecular complexity index is 402. The number of aromatic carboxylic acids is 1. The Morgan fingerprint density at radius 2 is 2.41 bits per heavy atom. The lowest BCUT2D eigenvalue weighted by molar-refractivity contribution is 0.0701.